The predicted octanol–water partition coefficient (Wildman–Crippen LogP) is 3.71. The van der Waals surface area contributed by atoms with Gasteiger partial charge in [0, 0.05) is 55.9 Å². The van der Waals surface area contributed by atoms with Crippen LogP contribution in [0.2, 0.25) is 0 Å². The monoisotopic (exact) mass is 491 g/mol. The van der Waals surface area contributed by atoms with E-state index >= 15 is 0 Å². The van der Waals surface area contributed by atoms with E-state index in [4.69, 9.17) is 0 Å². The molecule has 2 aromatic carbocycles. The molecule has 1 saturated heterocycles. The lowest BCUT2D eigenvalue weighted by molar-refractivity contribution is -0.113. The number of amides is 3. The van der Waals surface area contributed by atoms with E-state index in [2.05, 4.69) is 15.6 Å². The number of nitrogens with zero attached hydrogens (tertiary/aromatic N) is 3. The third-order valence-corrected chi connectivity index (χ3v) is 6.90. The summed E-state index contributed by atoms with van der Waals surface area (Å²) in [6.07, 6.45) is 6.83. The fourth-order valence-electron chi connectivity index (χ4n) is 3.85. The Bertz CT molecular complexity index is 1170. The molecule has 1 fully saturated rings. The number of piperidine rings is 1. The maximum Gasteiger partial charge on any atom is 0.253 e. The van der Waals surface area contributed by atoms with E-state index in [0.29, 0.717) is 23.4 Å². The molecule has 0 unspecified atom stereocenters. The molecule has 9 heteroatoms. The second-order valence-electron chi connectivity index (χ2n) is 8.47. The first-order valence-corrected chi connectivity index (χ1v) is 12.6. The van der Waals surface area contributed by atoms with Crippen LogP contribution < -0.4 is 10.6 Å². The van der Waals surface area contributed by atoms with Gasteiger partial charge in [-0.2, -0.15) is 0 Å². The van der Waals surface area contributed by atoms with Gasteiger partial charge in [0.15, 0.2) is 5.16 Å². The topological polar surface area (TPSA) is 96.3 Å². The Morgan fingerprint density at radius 3 is 2.29 bits per heavy atom. The van der Waals surface area contributed by atoms with Gasteiger partial charge in [0.1, 0.15) is 0 Å². The van der Waals surface area contributed by atoms with Gasteiger partial charge in [-0.3, -0.25) is 14.4 Å². The van der Waals surface area contributed by atoms with Gasteiger partial charge in [-0.25, -0.2) is 4.98 Å². The maximum atomic E-state index is 12.6. The summed E-state index contributed by atoms with van der Waals surface area (Å²) in [5.74, 6) is -0.0306. The molecule has 0 aliphatic carbocycles. The van der Waals surface area contributed by atoms with Crippen molar-refractivity contribution in [3.63, 3.8) is 0 Å². The van der Waals surface area contributed by atoms with Crippen molar-refractivity contribution in [1.29, 1.82) is 0 Å². The number of rotatable bonds is 8. The van der Waals surface area contributed by atoms with Gasteiger partial charge < -0.3 is 20.1 Å². The Balaban J connectivity index is 1.23. The zero-order chi connectivity index (χ0) is 24.6. The van der Waals surface area contributed by atoms with Crippen LogP contribution in [0.5, 0.6) is 0 Å². The summed E-state index contributed by atoms with van der Waals surface area (Å²) in [5.41, 5.74) is 2.73. The van der Waals surface area contributed by atoms with Crippen LogP contribution in [0.1, 0.15) is 45.5 Å². The highest BCUT2D eigenvalue weighted by Crippen LogP contribution is 2.16. The Labute approximate surface area is 209 Å². The zero-order valence-electron chi connectivity index (χ0n) is 19.7. The van der Waals surface area contributed by atoms with E-state index in [1.54, 1.807) is 30.5 Å². The van der Waals surface area contributed by atoms with Crippen LogP contribution in [0.15, 0.2) is 66.1 Å². The van der Waals surface area contributed by atoms with Crippen LogP contribution in [0.25, 0.3) is 0 Å². The summed E-state index contributed by atoms with van der Waals surface area (Å²) in [7, 11) is 1.88. The molecule has 4 rings (SSSR count). The first kappa shape index (κ1) is 24.5. The van der Waals surface area contributed by atoms with Crippen LogP contribution in [0.4, 0.5) is 5.69 Å². The molecule has 1 aromatic heterocycles. The molecular formula is C26H29N5O3S. The lowest BCUT2D eigenvalue weighted by Crippen LogP contribution is -2.35. The van der Waals surface area contributed by atoms with E-state index in [1.165, 1.54) is 18.2 Å². The lowest BCUT2D eigenvalue weighted by atomic mass is 10.1. The number of thioether (sulfide) groups is 1. The second-order valence-corrected chi connectivity index (χ2v) is 9.41. The van der Waals surface area contributed by atoms with Crippen LogP contribution in [-0.2, 0) is 18.4 Å². The van der Waals surface area contributed by atoms with Gasteiger partial charge >= 0.3 is 0 Å². The second kappa shape index (κ2) is 11.7. The van der Waals surface area contributed by atoms with Crippen molar-refractivity contribution < 1.29 is 14.4 Å². The number of hydrogen-bond donors (Lipinski definition) is 2. The number of anilines is 1. The molecule has 182 valence electrons. The largest absolute Gasteiger partial charge is 0.348 e. The first-order valence-electron chi connectivity index (χ1n) is 11.7. The van der Waals surface area contributed by atoms with Gasteiger partial charge in [-0.05, 0) is 61.2 Å². The quantitative estimate of drug-likeness (QED) is 0.469. The summed E-state index contributed by atoms with van der Waals surface area (Å²) in [4.78, 5) is 43.4. The first-order chi connectivity index (χ1) is 17.0. The summed E-state index contributed by atoms with van der Waals surface area (Å²) >= 11 is 1.36. The van der Waals surface area contributed by atoms with Crippen molar-refractivity contribution in [2.24, 2.45) is 7.05 Å². The van der Waals surface area contributed by atoms with Gasteiger partial charge in [0.25, 0.3) is 11.8 Å². The number of likely N-dealkylation sites (tertiary alicyclic amines) is 1. The number of benzene rings is 2. The number of hydrogen-bond acceptors (Lipinski definition) is 5. The molecule has 0 saturated carbocycles. The summed E-state index contributed by atoms with van der Waals surface area (Å²) in [6.45, 7) is 2.01. The molecule has 1 aliphatic rings. The number of aryl methyl sites for hydroxylation is 1. The molecule has 2 heterocycles. The molecule has 0 bridgehead atoms. The third-order valence-electron chi connectivity index (χ3n) is 5.84. The molecule has 1 aliphatic heterocycles. The van der Waals surface area contributed by atoms with Crippen molar-refractivity contribution >= 4 is 35.2 Å². The van der Waals surface area contributed by atoms with E-state index in [-0.39, 0.29) is 23.5 Å². The summed E-state index contributed by atoms with van der Waals surface area (Å²) in [6, 6.07) is 14.2. The fourth-order valence-corrected chi connectivity index (χ4v) is 4.58. The van der Waals surface area contributed by atoms with Gasteiger partial charge in [-0.1, -0.05) is 23.9 Å². The minimum absolute atomic E-state index is 0.0719. The lowest BCUT2D eigenvalue weighted by Gasteiger charge is -2.26. The number of carbonyl (C=O) groups is 3. The molecule has 0 spiro atoms. The van der Waals surface area contributed by atoms with E-state index in [1.807, 2.05) is 47.0 Å². The van der Waals surface area contributed by atoms with Crippen LogP contribution in [-0.4, -0.2) is 51.0 Å². The predicted molar refractivity (Wildman–Crippen MR) is 136 cm³/mol. The van der Waals surface area contributed by atoms with Gasteiger partial charge in [0.2, 0.25) is 5.91 Å². The average molecular weight is 492 g/mol. The van der Waals surface area contributed by atoms with Crippen LogP contribution in [0.3, 0.4) is 0 Å². The molecular weight excluding hydrogens is 462 g/mol. The standard InChI is InChI=1S/C26H29N5O3S/c1-30-16-13-27-26(30)35-18-23(32)29-22-11-9-20(10-12-22)24(33)28-17-19-5-7-21(8-6-19)25(34)31-14-3-2-4-15-31/h5-13,16H,2-4,14-15,17-18H2,1H3,(H,28,33)(H,29,32). The minimum Gasteiger partial charge on any atom is -0.348 e. The van der Waals surface area contributed by atoms with Gasteiger partial charge in [0.05, 0.1) is 5.75 Å². The average Bonchev–Trinajstić information content (AvgIpc) is 3.31. The van der Waals surface area contributed by atoms with Crippen molar-refractivity contribution in [3.05, 3.63) is 77.6 Å². The third kappa shape index (κ3) is 6.73. The Hall–Kier alpha value is -3.59. The van der Waals surface area contributed by atoms with Crippen molar-refractivity contribution in [1.82, 2.24) is 19.8 Å². The highest BCUT2D eigenvalue weighted by molar-refractivity contribution is 7.99. The molecule has 35 heavy (non-hydrogen) atoms. The zero-order valence-corrected chi connectivity index (χ0v) is 20.5. The van der Waals surface area contributed by atoms with Crippen molar-refractivity contribution in [2.45, 2.75) is 31.0 Å². The van der Waals surface area contributed by atoms with E-state index in [9.17, 15) is 14.4 Å². The molecule has 2 N–H and O–H groups in total. The Kier molecular flexibility index (Phi) is 8.20. The van der Waals surface area contributed by atoms with Gasteiger partial charge in [-0.15, -0.1) is 0 Å². The maximum absolute atomic E-state index is 12.6. The van der Waals surface area contributed by atoms with Crippen LogP contribution >= 0.6 is 11.8 Å². The van der Waals surface area contributed by atoms with Crippen molar-refractivity contribution in [2.75, 3.05) is 24.2 Å². The number of nitrogens with one attached hydrogen (secondary N) is 2. The SMILES string of the molecule is Cn1ccnc1SCC(=O)Nc1ccc(C(=O)NCc2ccc(C(=O)N3CCCCC3)cc2)cc1. The van der Waals surface area contributed by atoms with Crippen molar-refractivity contribution in [3.8, 4) is 0 Å². The molecule has 0 atom stereocenters. The highest BCUT2D eigenvalue weighted by Gasteiger charge is 2.18. The summed E-state index contributed by atoms with van der Waals surface area (Å²) < 4.78 is 1.86. The minimum atomic E-state index is -0.207. The van der Waals surface area contributed by atoms with E-state index in [0.717, 1.165) is 36.7 Å². The van der Waals surface area contributed by atoms with Crippen LogP contribution in [0, 0.1) is 0 Å². The summed E-state index contributed by atoms with van der Waals surface area (Å²) in [5, 5.41) is 6.49. The molecule has 0 radical (unpaired) electrons. The highest BCUT2D eigenvalue weighted by atomic mass is 32.2. The number of carbonyl (C=O) groups excluding carboxylic acids is 3. The molecule has 3 amide bonds. The molecule has 8 nitrogen and oxygen atoms in total. The molecule has 3 aromatic rings. The number of imidazole rings is 1. The smallest absolute Gasteiger partial charge is 0.253 e. The fraction of sp³-hybridized carbons (Fsp3) is 0.308. The Morgan fingerprint density at radius 2 is 1.63 bits per heavy atom. The Morgan fingerprint density at radius 1 is 0.943 bits per heavy atom. The normalized spacial score (nSPS) is 13.3. The number of aromatic nitrogens is 2. The van der Waals surface area contributed by atoms with E-state index < -0.39 is 0 Å².